The maximum Gasteiger partial charge on any atom is 0.495 e. The van der Waals surface area contributed by atoms with Crippen LogP contribution in [0.4, 0.5) is 0 Å². The van der Waals surface area contributed by atoms with Crippen molar-refractivity contribution in [2.24, 2.45) is 0 Å². The number of rotatable bonds is 15. The molecule has 0 bridgehead atoms. The first-order valence-electron chi connectivity index (χ1n) is 30.7. The number of hydrogen-bond acceptors (Lipinski definition) is 7. The highest BCUT2D eigenvalue weighted by atomic mass is 28.4. The Hall–Kier alpha value is -5.13. The summed E-state index contributed by atoms with van der Waals surface area (Å²) < 4.78 is 26.0. The molecule has 438 valence electrons. The van der Waals surface area contributed by atoms with Crippen LogP contribution in [-0.4, -0.2) is 57.3 Å². The van der Waals surface area contributed by atoms with Gasteiger partial charge in [-0.1, -0.05) is 125 Å². The van der Waals surface area contributed by atoms with E-state index < -0.39 is 16.6 Å². The lowest BCUT2D eigenvalue weighted by Gasteiger charge is -2.34. The van der Waals surface area contributed by atoms with Crippen LogP contribution < -0.4 is 5.46 Å². The number of aromatic nitrogens is 1. The molecule has 3 fully saturated rings. The van der Waals surface area contributed by atoms with Gasteiger partial charge in [0.2, 0.25) is 0 Å². The molecule has 0 amide bonds. The highest BCUT2D eigenvalue weighted by Crippen LogP contribution is 2.44. The fraction of sp³-hybridized carbons (Fsp3) is 0.528. The fourth-order valence-electron chi connectivity index (χ4n) is 12.9. The number of hydrogen-bond donors (Lipinski definition) is 0. The van der Waals surface area contributed by atoms with Crippen molar-refractivity contribution in [2.45, 2.75) is 246 Å². The number of pyridine rings is 1. The van der Waals surface area contributed by atoms with Crippen molar-refractivity contribution >= 4 is 35.4 Å². The van der Waals surface area contributed by atoms with E-state index in [-0.39, 0.29) is 46.5 Å². The van der Waals surface area contributed by atoms with E-state index in [0.717, 1.165) is 74.4 Å². The topological polar surface area (TPSA) is 83.9 Å². The Kier molecular flexibility index (Phi) is 21.6. The van der Waals surface area contributed by atoms with Crippen LogP contribution in [0.5, 0.6) is 0 Å². The molecule has 1 aliphatic heterocycles. The van der Waals surface area contributed by atoms with Gasteiger partial charge in [0, 0.05) is 39.9 Å². The summed E-state index contributed by atoms with van der Waals surface area (Å²) in [6.45, 7) is 42.4. The van der Waals surface area contributed by atoms with E-state index in [9.17, 15) is 0 Å². The standard InChI is InChI=1S/C36H47NOSi.C35H51BO3Si.CO2/c1-9-29-24-31(26-37-25-29)34-17-16-33(23-28(34)5)36(10-2,11-3)32-15-14-30(27(4)22-32)18-21-35(19-12-13-20-35)38-39(6,7)8;1-12-35(13-2,30-18-19-31(27(4)25-30)36-37-32(5,6)33(7,8)38-36)29-17-16-28(26(3)24-29)20-23-34(21-14-15-22-34)39-40(9,10)11;2-1-3/h14-17,22-26H,9-13,19-20H2,1-8H3;16-19,24-25H,12-15,21-22H2,1-11H3;. The third-order valence-corrected chi connectivity index (χ3v) is 20.3. The monoisotopic (exact) mass is 1140 g/mol. The van der Waals surface area contributed by atoms with Gasteiger partial charge in [-0.15, -0.1) is 0 Å². The summed E-state index contributed by atoms with van der Waals surface area (Å²) in [4.78, 5) is 20.7. The molecule has 7 nitrogen and oxygen atoms in total. The highest BCUT2D eigenvalue weighted by Gasteiger charge is 2.52. The molecule has 8 rings (SSSR count). The Labute approximate surface area is 498 Å². The van der Waals surface area contributed by atoms with Crippen molar-refractivity contribution in [3.05, 3.63) is 152 Å². The summed E-state index contributed by atoms with van der Waals surface area (Å²) in [6, 6.07) is 30.1. The maximum atomic E-state index is 8.12. The van der Waals surface area contributed by atoms with Gasteiger partial charge in [0.15, 0.2) is 16.6 Å². The van der Waals surface area contributed by atoms with Crippen LogP contribution in [0, 0.1) is 51.4 Å². The zero-order chi connectivity index (χ0) is 60.5. The second-order valence-electron chi connectivity index (χ2n) is 26.7. The molecule has 2 aliphatic carbocycles. The third kappa shape index (κ3) is 15.2. The number of nitrogens with zero attached hydrogens (tertiary/aromatic N) is 1. The Balaban J connectivity index is 0.000000252. The van der Waals surface area contributed by atoms with Gasteiger partial charge in [-0.05, 0) is 252 Å². The molecule has 2 heterocycles. The lowest BCUT2D eigenvalue weighted by atomic mass is 9.68. The van der Waals surface area contributed by atoms with Crippen LogP contribution in [0.2, 0.25) is 39.3 Å². The number of benzene rings is 4. The molecule has 1 saturated heterocycles. The fourth-order valence-corrected chi connectivity index (χ4v) is 15.8. The van der Waals surface area contributed by atoms with Crippen molar-refractivity contribution in [3.63, 3.8) is 0 Å². The van der Waals surface area contributed by atoms with Crippen LogP contribution in [0.25, 0.3) is 11.1 Å². The molecule has 0 radical (unpaired) electrons. The molecule has 0 unspecified atom stereocenters. The van der Waals surface area contributed by atoms with Crippen LogP contribution >= 0.6 is 0 Å². The van der Waals surface area contributed by atoms with Crippen molar-refractivity contribution in [1.82, 2.24) is 4.98 Å². The molecule has 0 N–H and O–H groups in total. The van der Waals surface area contributed by atoms with Crippen molar-refractivity contribution in [1.29, 1.82) is 0 Å². The van der Waals surface area contributed by atoms with Crippen LogP contribution in [0.15, 0.2) is 91.3 Å². The first kappa shape index (κ1) is 66.0. The zero-order valence-corrected chi connectivity index (χ0v) is 55.8. The first-order valence-corrected chi connectivity index (χ1v) is 37.6. The molecule has 10 heteroatoms. The molecule has 3 aliphatic rings. The minimum absolute atomic E-state index is 0.0306. The summed E-state index contributed by atoms with van der Waals surface area (Å²) >= 11 is 0. The molecule has 2 saturated carbocycles. The van der Waals surface area contributed by atoms with Crippen molar-refractivity contribution in [2.75, 3.05) is 0 Å². The van der Waals surface area contributed by atoms with Gasteiger partial charge < -0.3 is 18.2 Å². The predicted molar refractivity (Wildman–Crippen MR) is 346 cm³/mol. The highest BCUT2D eigenvalue weighted by molar-refractivity contribution is 6.70. The smallest absolute Gasteiger partial charge is 0.402 e. The minimum Gasteiger partial charge on any atom is -0.402 e. The summed E-state index contributed by atoms with van der Waals surface area (Å²) in [5.41, 5.74) is 16.3. The summed E-state index contributed by atoms with van der Waals surface area (Å²) in [7, 11) is -3.69. The lowest BCUT2D eigenvalue weighted by molar-refractivity contribution is -0.191. The maximum absolute atomic E-state index is 8.12. The minimum atomic E-state index is -1.68. The largest absolute Gasteiger partial charge is 0.495 e. The predicted octanol–water partition coefficient (Wildman–Crippen LogP) is 17.2. The molecular formula is C72H98BNO6Si2. The molecule has 0 spiro atoms. The SMILES string of the molecule is CCC(CC)(c1ccc(C#CC2(O[Si](C)(C)C)CCCC2)c(C)c1)c1ccc(B2OC(C)(C)C(C)(C)O2)c(C)c1.CCc1cncc(-c2ccc(C(CC)(CC)c3ccc(C#CC4(O[Si](C)(C)C)CCCC4)c(C)c3)cc2C)c1.O=C=O. The van der Waals surface area contributed by atoms with Crippen molar-refractivity contribution < 1.29 is 27.7 Å². The van der Waals surface area contributed by atoms with Gasteiger partial charge in [-0.3, -0.25) is 4.98 Å². The Morgan fingerprint density at radius 3 is 1.27 bits per heavy atom. The van der Waals surface area contributed by atoms with E-state index in [2.05, 4.69) is 237 Å². The van der Waals surface area contributed by atoms with Crippen LogP contribution in [0.3, 0.4) is 0 Å². The van der Waals surface area contributed by atoms with Gasteiger partial charge >= 0.3 is 13.3 Å². The number of carbonyl (C=O) groups excluding carboxylic acids is 2. The molecule has 5 aromatic rings. The molecule has 4 aromatic carbocycles. The van der Waals surface area contributed by atoms with Gasteiger partial charge in [-0.2, -0.15) is 9.59 Å². The van der Waals surface area contributed by atoms with E-state index in [1.165, 1.54) is 86.9 Å². The quantitative estimate of drug-likeness (QED) is 0.0763. The summed E-state index contributed by atoms with van der Waals surface area (Å²) in [6.07, 6.45) is 18.4. The lowest BCUT2D eigenvalue weighted by Crippen LogP contribution is -2.41. The molecule has 82 heavy (non-hydrogen) atoms. The van der Waals surface area contributed by atoms with Gasteiger partial charge in [0.25, 0.3) is 0 Å². The Morgan fingerprint density at radius 2 is 0.915 bits per heavy atom. The normalized spacial score (nSPS) is 17.0. The van der Waals surface area contributed by atoms with E-state index >= 15 is 0 Å². The summed E-state index contributed by atoms with van der Waals surface area (Å²) in [5, 5.41) is 0. The molecular weight excluding hydrogens is 1040 g/mol. The Morgan fingerprint density at radius 1 is 0.537 bits per heavy atom. The average molecular weight is 1140 g/mol. The second kappa shape index (κ2) is 26.8. The molecule has 1 aromatic heterocycles. The number of aryl methyl sites for hydroxylation is 5. The van der Waals surface area contributed by atoms with E-state index in [0.29, 0.717) is 0 Å². The third-order valence-electron chi connectivity index (χ3n) is 18.3. The first-order chi connectivity index (χ1) is 38.5. The van der Waals surface area contributed by atoms with Crippen molar-refractivity contribution in [3.8, 4) is 34.8 Å². The van der Waals surface area contributed by atoms with Gasteiger partial charge in [0.1, 0.15) is 11.2 Å². The van der Waals surface area contributed by atoms with E-state index in [1.54, 1.807) is 0 Å². The van der Waals surface area contributed by atoms with Crippen LogP contribution in [-0.2, 0) is 45.0 Å². The molecule has 0 atom stereocenters. The van der Waals surface area contributed by atoms with Gasteiger partial charge in [-0.25, -0.2) is 0 Å². The Bertz CT molecular complexity index is 3150. The summed E-state index contributed by atoms with van der Waals surface area (Å²) in [5.74, 6) is 14.3. The van der Waals surface area contributed by atoms with Crippen LogP contribution in [0.1, 0.15) is 201 Å². The van der Waals surface area contributed by atoms with Gasteiger partial charge in [0.05, 0.1) is 11.2 Å². The second-order valence-corrected chi connectivity index (χ2v) is 35.5. The average Bonchev–Trinajstić information content (AvgIpc) is 4.30. The zero-order valence-electron chi connectivity index (χ0n) is 53.8. The van der Waals surface area contributed by atoms with E-state index in [1.807, 2.05) is 12.4 Å². The van der Waals surface area contributed by atoms with E-state index in [4.69, 9.17) is 27.7 Å².